The van der Waals surface area contributed by atoms with Crippen LogP contribution in [0.15, 0.2) is 0 Å². The zero-order valence-electron chi connectivity index (χ0n) is 19.8. The summed E-state index contributed by atoms with van der Waals surface area (Å²) in [6, 6.07) is 0.880. The lowest BCUT2D eigenvalue weighted by Gasteiger charge is -2.40. The summed E-state index contributed by atoms with van der Waals surface area (Å²) < 4.78 is 29.8. The highest BCUT2D eigenvalue weighted by molar-refractivity contribution is 7.90. The summed E-state index contributed by atoms with van der Waals surface area (Å²) in [5.41, 5.74) is 6.82. The monoisotopic (exact) mass is 469 g/mol. The first kappa shape index (κ1) is 23.4. The third-order valence-corrected chi connectivity index (χ3v) is 10.7. The van der Waals surface area contributed by atoms with Crippen LogP contribution in [0.4, 0.5) is 0 Å². The first-order valence-electron chi connectivity index (χ1n) is 12.9. The smallest absolute Gasteiger partial charge is 0.217 e. The Hall–Kier alpha value is -0.330. The molecule has 0 bridgehead atoms. The molecule has 1 saturated carbocycles. The molecule has 0 aromatic rings. The number of rotatable bonds is 6. The Labute approximate surface area is 194 Å². The van der Waals surface area contributed by atoms with E-state index in [4.69, 9.17) is 0 Å². The van der Waals surface area contributed by atoms with E-state index < -0.39 is 15.3 Å². The Kier molecular flexibility index (Phi) is 7.12. The van der Waals surface area contributed by atoms with Gasteiger partial charge in [-0.05, 0) is 76.9 Å². The molecule has 0 aromatic heterocycles. The first-order valence-corrected chi connectivity index (χ1v) is 14.4. The molecular formula is C22H43N7O2S. The topological polar surface area (TPSA) is 92.0 Å². The van der Waals surface area contributed by atoms with Gasteiger partial charge in [0.2, 0.25) is 10.0 Å². The zero-order valence-corrected chi connectivity index (χ0v) is 20.6. The minimum absolute atomic E-state index is 0.00583. The number of fused-ring (bicyclic) bond motifs is 1. The van der Waals surface area contributed by atoms with E-state index in [9.17, 15) is 8.42 Å². The zero-order chi connectivity index (χ0) is 22.3. The second-order valence-electron chi connectivity index (χ2n) is 10.8. The lowest BCUT2D eigenvalue weighted by Crippen LogP contribution is -2.56. The second kappa shape index (κ2) is 9.73. The SMILES string of the molecule is C[C@@H](C1CCNC(N2CC(S(=O)(=O)NC3CCCC4CNN(C)C43)CN2)C1)N1CCCC1. The van der Waals surface area contributed by atoms with Crippen LogP contribution in [0.3, 0.4) is 0 Å². The maximum Gasteiger partial charge on any atom is 0.217 e. The largest absolute Gasteiger partial charge is 0.301 e. The Morgan fingerprint density at radius 1 is 1.03 bits per heavy atom. The predicted octanol–water partition coefficient (Wildman–Crippen LogP) is -0.108. The van der Waals surface area contributed by atoms with Crippen LogP contribution in [-0.4, -0.2) is 99.2 Å². The van der Waals surface area contributed by atoms with E-state index in [1.807, 2.05) is 7.05 Å². The molecule has 4 heterocycles. The van der Waals surface area contributed by atoms with E-state index in [2.05, 4.69) is 42.7 Å². The molecule has 1 aliphatic carbocycles. The quantitative estimate of drug-likeness (QED) is 0.429. The normalized spacial score (nSPS) is 41.2. The van der Waals surface area contributed by atoms with Crippen molar-refractivity contribution in [3.05, 3.63) is 0 Å². The van der Waals surface area contributed by atoms with Gasteiger partial charge >= 0.3 is 0 Å². The van der Waals surface area contributed by atoms with Gasteiger partial charge in [0.25, 0.3) is 0 Å². The van der Waals surface area contributed by atoms with Crippen LogP contribution >= 0.6 is 0 Å². The molecule has 0 amide bonds. The van der Waals surface area contributed by atoms with Crippen molar-refractivity contribution in [2.24, 2.45) is 11.8 Å². The number of likely N-dealkylation sites (tertiary alicyclic amines) is 1. The van der Waals surface area contributed by atoms with Crippen LogP contribution in [0.1, 0.15) is 51.9 Å². The molecule has 5 rings (SSSR count). The number of hydrogen-bond acceptors (Lipinski definition) is 8. The Morgan fingerprint density at radius 2 is 1.84 bits per heavy atom. The van der Waals surface area contributed by atoms with Gasteiger partial charge < -0.3 is 10.2 Å². The van der Waals surface area contributed by atoms with Crippen molar-refractivity contribution in [2.75, 3.05) is 46.3 Å². The highest BCUT2D eigenvalue weighted by Gasteiger charge is 2.44. The fourth-order valence-electron chi connectivity index (χ4n) is 6.94. The van der Waals surface area contributed by atoms with Crippen LogP contribution in [0.25, 0.3) is 0 Å². The highest BCUT2D eigenvalue weighted by Crippen LogP contribution is 2.32. The van der Waals surface area contributed by atoms with Gasteiger partial charge in [-0.3, -0.25) is 10.9 Å². The molecule has 4 aliphatic heterocycles. The number of hydrazine groups is 2. The van der Waals surface area contributed by atoms with Gasteiger partial charge in [0.15, 0.2) is 0 Å². The van der Waals surface area contributed by atoms with Crippen molar-refractivity contribution in [3.63, 3.8) is 0 Å². The molecule has 0 spiro atoms. The van der Waals surface area contributed by atoms with Crippen LogP contribution in [0.2, 0.25) is 0 Å². The van der Waals surface area contributed by atoms with Gasteiger partial charge in [0, 0.05) is 44.8 Å². The minimum Gasteiger partial charge on any atom is -0.301 e. The molecule has 5 aliphatic rings. The molecule has 7 atom stereocenters. The molecule has 32 heavy (non-hydrogen) atoms. The number of piperidine rings is 1. The average molecular weight is 470 g/mol. The predicted molar refractivity (Wildman–Crippen MR) is 126 cm³/mol. The Bertz CT molecular complexity index is 745. The summed E-state index contributed by atoms with van der Waals surface area (Å²) in [7, 11) is -1.33. The van der Waals surface area contributed by atoms with Gasteiger partial charge in [-0.1, -0.05) is 6.42 Å². The van der Waals surface area contributed by atoms with Gasteiger partial charge in [-0.2, -0.15) is 0 Å². The Balaban J connectivity index is 1.17. The van der Waals surface area contributed by atoms with Crippen molar-refractivity contribution in [3.8, 4) is 0 Å². The average Bonchev–Trinajstić information content (AvgIpc) is 3.55. The first-order chi connectivity index (χ1) is 15.4. The summed E-state index contributed by atoms with van der Waals surface area (Å²) in [4.78, 5) is 2.65. The molecular weight excluding hydrogens is 426 g/mol. The third-order valence-electron chi connectivity index (χ3n) is 8.91. The molecule has 4 saturated heterocycles. The van der Waals surface area contributed by atoms with Crippen LogP contribution in [0.5, 0.6) is 0 Å². The fourth-order valence-corrected chi connectivity index (χ4v) is 8.46. The molecule has 184 valence electrons. The lowest BCUT2D eigenvalue weighted by molar-refractivity contribution is 0.0644. The molecule has 0 radical (unpaired) electrons. The molecule has 10 heteroatoms. The van der Waals surface area contributed by atoms with Crippen LogP contribution in [0, 0.1) is 11.8 Å². The molecule has 9 nitrogen and oxygen atoms in total. The van der Waals surface area contributed by atoms with E-state index in [0.717, 1.165) is 32.4 Å². The Morgan fingerprint density at radius 3 is 2.66 bits per heavy atom. The van der Waals surface area contributed by atoms with Gasteiger partial charge in [-0.15, -0.1) is 0 Å². The standard InChI is InChI=1S/C22H43N7O2S/c1-16(28-10-3-4-11-28)17-8-9-23-21(12-17)29-15-19(14-25-29)32(30,31)26-20-7-5-6-18-13-24-27(2)22(18)20/h16-26H,3-15H2,1-2H3/t16-,17?,18?,19?,20?,21?,22?/m0/s1. The van der Waals surface area contributed by atoms with Crippen LogP contribution < -0.4 is 20.9 Å². The fraction of sp³-hybridized carbons (Fsp3) is 1.00. The second-order valence-corrected chi connectivity index (χ2v) is 12.8. The summed E-state index contributed by atoms with van der Waals surface area (Å²) in [6.07, 6.45) is 8.36. The highest BCUT2D eigenvalue weighted by atomic mass is 32.2. The van der Waals surface area contributed by atoms with Crippen molar-refractivity contribution in [1.82, 2.24) is 35.8 Å². The number of hydrogen-bond donors (Lipinski definition) is 4. The number of nitrogens with zero attached hydrogens (tertiary/aromatic N) is 3. The maximum atomic E-state index is 13.3. The van der Waals surface area contributed by atoms with Gasteiger partial charge in [0.1, 0.15) is 5.25 Å². The number of likely N-dealkylation sites (N-methyl/N-ethyl adjacent to an activating group) is 1. The summed E-state index contributed by atoms with van der Waals surface area (Å²) >= 11 is 0. The summed E-state index contributed by atoms with van der Waals surface area (Å²) in [6.45, 7) is 7.87. The molecule has 0 aromatic carbocycles. The van der Waals surface area contributed by atoms with Gasteiger partial charge in [-0.25, -0.2) is 23.2 Å². The van der Waals surface area contributed by atoms with E-state index in [0.29, 0.717) is 31.0 Å². The lowest BCUT2D eigenvalue weighted by atomic mass is 9.82. The van der Waals surface area contributed by atoms with Crippen molar-refractivity contribution in [2.45, 2.75) is 81.4 Å². The van der Waals surface area contributed by atoms with Gasteiger partial charge in [0.05, 0.1) is 6.17 Å². The van der Waals surface area contributed by atoms with Crippen LogP contribution in [-0.2, 0) is 10.0 Å². The van der Waals surface area contributed by atoms with Crippen molar-refractivity contribution < 1.29 is 8.42 Å². The van der Waals surface area contributed by atoms with E-state index in [1.54, 1.807) is 0 Å². The maximum absolute atomic E-state index is 13.3. The van der Waals surface area contributed by atoms with Crippen molar-refractivity contribution >= 4 is 10.0 Å². The summed E-state index contributed by atoms with van der Waals surface area (Å²) in [5.74, 6) is 1.21. The third kappa shape index (κ3) is 4.75. The summed E-state index contributed by atoms with van der Waals surface area (Å²) in [5, 5.41) is 7.53. The van der Waals surface area contributed by atoms with E-state index in [-0.39, 0.29) is 18.2 Å². The van der Waals surface area contributed by atoms with E-state index >= 15 is 0 Å². The van der Waals surface area contributed by atoms with E-state index in [1.165, 1.54) is 38.8 Å². The minimum atomic E-state index is -3.38. The molecule has 5 fully saturated rings. The number of sulfonamides is 1. The van der Waals surface area contributed by atoms with Crippen molar-refractivity contribution in [1.29, 1.82) is 0 Å². The number of nitrogens with one attached hydrogen (secondary N) is 4. The molecule has 6 unspecified atom stereocenters. The molecule has 4 N–H and O–H groups in total.